The molecular formula is C13H9BrN2O2S. The number of sulfonamides is 1. The van der Waals surface area contributed by atoms with Gasteiger partial charge in [-0.05, 0) is 36.4 Å². The molecule has 1 N–H and O–H groups in total. The molecule has 19 heavy (non-hydrogen) atoms. The standard InChI is InChI=1S/C13H9BrN2O2S/c14-9-5-7-10(8-6-9)15-13-11-3-1-2-4-12(11)19(17,18)16-13/h1-8H,(H,15,16). The van der Waals surface area contributed by atoms with E-state index in [9.17, 15) is 8.42 Å². The highest BCUT2D eigenvalue weighted by Crippen LogP contribution is 2.26. The first-order valence-electron chi connectivity index (χ1n) is 5.53. The van der Waals surface area contributed by atoms with Gasteiger partial charge in [0, 0.05) is 15.7 Å². The third kappa shape index (κ3) is 2.29. The first kappa shape index (κ1) is 12.4. The Bertz CT molecular complexity index is 767. The molecule has 2 aromatic carbocycles. The smallest absolute Gasteiger partial charge is 0.285 e. The summed E-state index contributed by atoms with van der Waals surface area (Å²) in [4.78, 5) is 0.245. The molecule has 0 saturated carbocycles. The number of nitrogens with zero attached hydrogens (tertiary/aromatic N) is 1. The average molecular weight is 337 g/mol. The summed E-state index contributed by atoms with van der Waals surface area (Å²) in [6.45, 7) is 0. The quantitative estimate of drug-likeness (QED) is 0.870. The third-order valence-electron chi connectivity index (χ3n) is 2.74. The predicted molar refractivity (Wildman–Crippen MR) is 77.9 cm³/mol. The molecule has 2 aromatic rings. The lowest BCUT2D eigenvalue weighted by molar-refractivity contribution is 0.599. The van der Waals surface area contributed by atoms with E-state index in [1.54, 1.807) is 24.3 Å². The maximum Gasteiger partial charge on any atom is 0.285 e. The molecule has 0 fully saturated rings. The molecular weight excluding hydrogens is 328 g/mol. The Hall–Kier alpha value is -1.66. The van der Waals surface area contributed by atoms with Crippen molar-refractivity contribution in [2.45, 2.75) is 4.90 Å². The first-order valence-corrected chi connectivity index (χ1v) is 7.76. The van der Waals surface area contributed by atoms with E-state index in [1.165, 1.54) is 0 Å². The van der Waals surface area contributed by atoms with Crippen LogP contribution in [0.1, 0.15) is 5.56 Å². The summed E-state index contributed by atoms with van der Waals surface area (Å²) < 4.78 is 28.5. The van der Waals surface area contributed by atoms with Crippen LogP contribution in [0, 0.1) is 0 Å². The summed E-state index contributed by atoms with van der Waals surface area (Å²) in [5, 5.41) is 3.03. The number of nitrogens with one attached hydrogen (secondary N) is 1. The number of anilines is 1. The van der Waals surface area contributed by atoms with Crippen molar-refractivity contribution in [1.29, 1.82) is 0 Å². The van der Waals surface area contributed by atoms with Crippen LogP contribution >= 0.6 is 15.9 Å². The molecule has 0 saturated heterocycles. The molecule has 1 heterocycles. The number of rotatable bonds is 1. The molecule has 0 unspecified atom stereocenters. The minimum atomic E-state index is -3.57. The van der Waals surface area contributed by atoms with Crippen molar-refractivity contribution >= 4 is 37.5 Å². The van der Waals surface area contributed by atoms with Gasteiger partial charge in [-0.15, -0.1) is 4.40 Å². The fraction of sp³-hybridized carbons (Fsp3) is 0. The highest BCUT2D eigenvalue weighted by molar-refractivity contribution is 9.10. The van der Waals surface area contributed by atoms with Gasteiger partial charge in [-0.2, -0.15) is 8.42 Å². The number of benzene rings is 2. The number of hydrogen-bond acceptors (Lipinski definition) is 3. The van der Waals surface area contributed by atoms with Crippen LogP contribution in [0.15, 0.2) is 62.3 Å². The molecule has 1 aliphatic rings. The Labute approximate surface area is 119 Å². The lowest BCUT2D eigenvalue weighted by atomic mass is 10.2. The molecule has 6 heteroatoms. The Morgan fingerprint density at radius 2 is 1.68 bits per heavy atom. The van der Waals surface area contributed by atoms with Gasteiger partial charge in [0.15, 0.2) is 5.84 Å². The van der Waals surface area contributed by atoms with Gasteiger partial charge in [0.2, 0.25) is 0 Å². The fourth-order valence-corrected chi connectivity index (χ4v) is 3.31. The maximum atomic E-state index is 11.9. The molecule has 1 aliphatic heterocycles. The van der Waals surface area contributed by atoms with Crippen molar-refractivity contribution in [3.63, 3.8) is 0 Å². The van der Waals surface area contributed by atoms with Gasteiger partial charge < -0.3 is 5.32 Å². The highest BCUT2D eigenvalue weighted by Gasteiger charge is 2.28. The van der Waals surface area contributed by atoms with Crippen LogP contribution in [-0.2, 0) is 10.0 Å². The minimum Gasteiger partial charge on any atom is -0.339 e. The molecule has 0 spiro atoms. The van der Waals surface area contributed by atoms with Gasteiger partial charge in [-0.3, -0.25) is 0 Å². The summed E-state index contributed by atoms with van der Waals surface area (Å²) in [5.74, 6) is 0.359. The third-order valence-corrected chi connectivity index (χ3v) is 4.60. The Balaban J connectivity index is 2.01. The molecule has 0 aromatic heterocycles. The molecule has 0 atom stereocenters. The summed E-state index contributed by atoms with van der Waals surface area (Å²) in [7, 11) is -3.57. The summed E-state index contributed by atoms with van der Waals surface area (Å²) in [5.41, 5.74) is 1.39. The Kier molecular flexibility index (Phi) is 2.91. The van der Waals surface area contributed by atoms with E-state index in [4.69, 9.17) is 0 Å². The monoisotopic (exact) mass is 336 g/mol. The van der Waals surface area contributed by atoms with Crippen molar-refractivity contribution in [1.82, 2.24) is 0 Å². The average Bonchev–Trinajstić information content (AvgIpc) is 2.65. The van der Waals surface area contributed by atoms with Crippen molar-refractivity contribution in [3.8, 4) is 0 Å². The second-order valence-corrected chi connectivity index (χ2v) is 6.53. The number of amidine groups is 1. The second-order valence-electron chi connectivity index (χ2n) is 4.04. The zero-order chi connectivity index (χ0) is 13.5. The molecule has 0 radical (unpaired) electrons. The lowest BCUT2D eigenvalue weighted by Gasteiger charge is -2.06. The number of fused-ring (bicyclic) bond motifs is 1. The molecule has 96 valence electrons. The van der Waals surface area contributed by atoms with Gasteiger partial charge in [0.05, 0.1) is 0 Å². The van der Waals surface area contributed by atoms with E-state index in [2.05, 4.69) is 25.6 Å². The van der Waals surface area contributed by atoms with E-state index in [0.29, 0.717) is 11.4 Å². The molecule has 3 rings (SSSR count). The van der Waals surface area contributed by atoms with E-state index in [0.717, 1.165) is 10.2 Å². The normalized spacial score (nSPS) is 15.7. The van der Waals surface area contributed by atoms with Crippen molar-refractivity contribution in [2.75, 3.05) is 5.32 Å². The van der Waals surface area contributed by atoms with Crippen molar-refractivity contribution < 1.29 is 8.42 Å². The van der Waals surface area contributed by atoms with Crippen LogP contribution in [0.2, 0.25) is 0 Å². The van der Waals surface area contributed by atoms with Gasteiger partial charge in [0.25, 0.3) is 10.0 Å². The van der Waals surface area contributed by atoms with E-state index >= 15 is 0 Å². The second kappa shape index (κ2) is 4.47. The molecule has 4 nitrogen and oxygen atoms in total. The predicted octanol–water partition coefficient (Wildman–Crippen LogP) is 3.01. The molecule has 0 amide bonds. The molecule has 0 aliphatic carbocycles. The topological polar surface area (TPSA) is 58.5 Å². The molecule has 0 bridgehead atoms. The van der Waals surface area contributed by atoms with Crippen LogP contribution in [0.25, 0.3) is 0 Å². The Morgan fingerprint density at radius 3 is 2.42 bits per heavy atom. The maximum absolute atomic E-state index is 11.9. The van der Waals surface area contributed by atoms with Crippen LogP contribution in [-0.4, -0.2) is 14.3 Å². The van der Waals surface area contributed by atoms with Crippen LogP contribution in [0.3, 0.4) is 0 Å². The SMILES string of the molecule is O=S1(=O)N=C(Nc2ccc(Br)cc2)c2ccccc21. The van der Waals surface area contributed by atoms with Crippen LogP contribution < -0.4 is 5.32 Å². The van der Waals surface area contributed by atoms with Crippen LogP contribution in [0.5, 0.6) is 0 Å². The number of halogens is 1. The van der Waals surface area contributed by atoms with E-state index in [1.807, 2.05) is 24.3 Å². The van der Waals surface area contributed by atoms with Crippen LogP contribution in [0.4, 0.5) is 5.69 Å². The lowest BCUT2D eigenvalue weighted by Crippen LogP contribution is -2.11. The van der Waals surface area contributed by atoms with Crippen molar-refractivity contribution in [2.24, 2.45) is 4.40 Å². The van der Waals surface area contributed by atoms with E-state index < -0.39 is 10.0 Å². The first-order chi connectivity index (χ1) is 9.06. The summed E-state index contributed by atoms with van der Waals surface area (Å²) >= 11 is 3.35. The minimum absolute atomic E-state index is 0.245. The zero-order valence-electron chi connectivity index (χ0n) is 9.67. The zero-order valence-corrected chi connectivity index (χ0v) is 12.1. The summed E-state index contributed by atoms with van der Waals surface area (Å²) in [6.07, 6.45) is 0. The van der Waals surface area contributed by atoms with Gasteiger partial charge in [-0.1, -0.05) is 28.1 Å². The fourth-order valence-electron chi connectivity index (χ4n) is 1.87. The highest BCUT2D eigenvalue weighted by atomic mass is 79.9. The Morgan fingerprint density at radius 1 is 1.00 bits per heavy atom. The van der Waals surface area contributed by atoms with Gasteiger partial charge in [0.1, 0.15) is 4.90 Å². The van der Waals surface area contributed by atoms with Gasteiger partial charge >= 0.3 is 0 Å². The van der Waals surface area contributed by atoms with Gasteiger partial charge in [-0.25, -0.2) is 0 Å². The largest absolute Gasteiger partial charge is 0.339 e. The summed E-state index contributed by atoms with van der Waals surface area (Å²) in [6, 6.07) is 14.2. The number of hydrogen-bond donors (Lipinski definition) is 1. The van der Waals surface area contributed by atoms with Crippen molar-refractivity contribution in [3.05, 3.63) is 58.6 Å². The van der Waals surface area contributed by atoms with E-state index in [-0.39, 0.29) is 4.90 Å².